The van der Waals surface area contributed by atoms with Crippen LogP contribution in [-0.4, -0.2) is 60.8 Å². The van der Waals surface area contributed by atoms with Gasteiger partial charge in [-0.2, -0.15) is 5.26 Å². The lowest BCUT2D eigenvalue weighted by Gasteiger charge is -2.19. The monoisotopic (exact) mass is 819 g/mol. The van der Waals surface area contributed by atoms with Gasteiger partial charge in [0, 0.05) is 101 Å². The number of aromatic nitrogens is 1. The summed E-state index contributed by atoms with van der Waals surface area (Å²) in [7, 11) is 1.64. The van der Waals surface area contributed by atoms with Gasteiger partial charge in [-0.25, -0.2) is 0 Å². The third-order valence-electron chi connectivity index (χ3n) is 9.86. The van der Waals surface area contributed by atoms with Gasteiger partial charge in [-0.3, -0.25) is 9.78 Å². The Balaban J connectivity index is 1.22. The number of nitriles is 1. The van der Waals surface area contributed by atoms with Gasteiger partial charge in [0.05, 0.1) is 30.3 Å². The molecule has 1 fully saturated rings. The van der Waals surface area contributed by atoms with E-state index in [1.54, 1.807) is 25.4 Å². The molecule has 58 heavy (non-hydrogen) atoms. The van der Waals surface area contributed by atoms with Crippen LogP contribution < -0.4 is 30.7 Å². The number of rotatable bonds is 19. The number of carbonyl (C=O) groups excluding carboxylic acids is 2. The van der Waals surface area contributed by atoms with Crippen LogP contribution in [0.2, 0.25) is 10.0 Å². The number of aliphatic hydroxyl groups excluding tert-OH is 1. The molecule has 5 aromatic rings. The van der Waals surface area contributed by atoms with Crippen LogP contribution >= 0.6 is 23.2 Å². The number of hydrogen-bond donors (Lipinski definition) is 6. The molecule has 12 nitrogen and oxygen atoms in total. The number of pyridine rings is 1. The Bertz CT molecular complexity index is 2330. The summed E-state index contributed by atoms with van der Waals surface area (Å²) in [4.78, 5) is 27.0. The van der Waals surface area contributed by atoms with Gasteiger partial charge in [0.1, 0.15) is 30.5 Å². The number of amides is 1. The number of benzene rings is 4. The molecule has 2 heterocycles. The van der Waals surface area contributed by atoms with E-state index in [2.05, 4.69) is 32.3 Å². The van der Waals surface area contributed by atoms with Crippen LogP contribution in [0.5, 0.6) is 11.5 Å². The van der Waals surface area contributed by atoms with Crippen LogP contribution in [0.1, 0.15) is 46.2 Å². The molecule has 0 radical (unpaired) electrons. The second-order valence-corrected chi connectivity index (χ2v) is 14.5. The molecule has 1 aliphatic rings. The number of anilines is 1. The maximum Gasteiger partial charge on any atom is 0.220 e. The molecular weight excluding hydrogens is 777 g/mol. The van der Waals surface area contributed by atoms with Crippen molar-refractivity contribution < 1.29 is 24.2 Å². The predicted octanol–water partition coefficient (Wildman–Crippen LogP) is 6.81. The highest BCUT2D eigenvalue weighted by atomic mass is 35.5. The maximum atomic E-state index is 11.6. The number of aliphatic hydroxyl groups is 1. The first kappa shape index (κ1) is 41.8. The first-order chi connectivity index (χ1) is 28.2. The van der Waals surface area contributed by atoms with E-state index in [0.717, 1.165) is 34.2 Å². The van der Waals surface area contributed by atoms with Crippen molar-refractivity contribution in [2.75, 3.05) is 25.6 Å². The van der Waals surface area contributed by atoms with Crippen LogP contribution in [0.3, 0.4) is 0 Å². The van der Waals surface area contributed by atoms with Gasteiger partial charge in [-0.15, -0.1) is 0 Å². The lowest BCUT2D eigenvalue weighted by Crippen LogP contribution is -2.35. The normalized spacial score (nSPS) is 14.0. The van der Waals surface area contributed by atoms with Gasteiger partial charge >= 0.3 is 0 Å². The summed E-state index contributed by atoms with van der Waals surface area (Å²) in [5, 5.41) is 41.1. The summed E-state index contributed by atoms with van der Waals surface area (Å²) >= 11 is 14.0. The molecular formula is C44H43Cl2N7O5. The number of nitrogens with zero attached hydrogens (tertiary/aromatic N) is 2. The third kappa shape index (κ3) is 10.2. The van der Waals surface area contributed by atoms with Crippen molar-refractivity contribution in [2.24, 2.45) is 0 Å². The molecule has 6 N–H and O–H groups in total. The molecule has 0 saturated carbocycles. The highest BCUT2D eigenvalue weighted by Gasteiger charge is 2.21. The quantitative estimate of drug-likeness (QED) is 0.0383. The number of halogens is 2. The van der Waals surface area contributed by atoms with Crippen LogP contribution in [0.25, 0.3) is 22.3 Å². The van der Waals surface area contributed by atoms with E-state index >= 15 is 0 Å². The number of nitrogens with one attached hydrogen (secondary N) is 5. The molecule has 14 heteroatoms. The molecule has 1 aliphatic heterocycles. The lowest BCUT2D eigenvalue weighted by molar-refractivity contribution is -0.119. The summed E-state index contributed by atoms with van der Waals surface area (Å²) in [6.07, 6.45) is 6.40. The number of aldehydes is 1. The van der Waals surface area contributed by atoms with Crippen LogP contribution in [-0.2, 0) is 35.8 Å². The minimum atomic E-state index is -0.763. The second-order valence-electron chi connectivity index (χ2n) is 13.7. The van der Waals surface area contributed by atoms with E-state index in [1.165, 1.54) is 12.4 Å². The van der Waals surface area contributed by atoms with Crippen molar-refractivity contribution in [3.8, 4) is 39.8 Å². The smallest absolute Gasteiger partial charge is 0.220 e. The van der Waals surface area contributed by atoms with Crippen molar-refractivity contribution in [3.63, 3.8) is 0 Å². The van der Waals surface area contributed by atoms with Crippen LogP contribution in [0.15, 0.2) is 85.2 Å². The summed E-state index contributed by atoms with van der Waals surface area (Å²) in [5.74, 6) is 1.29. The predicted molar refractivity (Wildman–Crippen MR) is 225 cm³/mol. The van der Waals surface area contributed by atoms with E-state index in [9.17, 15) is 20.0 Å². The van der Waals surface area contributed by atoms with Crippen molar-refractivity contribution in [3.05, 3.63) is 129 Å². The molecule has 2 atom stereocenters. The minimum Gasteiger partial charge on any atom is -0.496 e. The summed E-state index contributed by atoms with van der Waals surface area (Å²) < 4.78 is 12.0. The second kappa shape index (κ2) is 20.1. The topological polar surface area (TPSA) is 181 Å². The number of carbonyl (C=O) groups is 2. The first-order valence-electron chi connectivity index (χ1n) is 18.7. The minimum absolute atomic E-state index is 0.0901. The average molecular weight is 821 g/mol. The Hall–Kier alpha value is -5.81. The average Bonchev–Trinajstić information content (AvgIpc) is 3.67. The molecule has 6 rings (SSSR count). The highest BCUT2D eigenvalue weighted by Crippen LogP contribution is 2.40. The number of ether oxygens (including phenoxy) is 2. The van der Waals surface area contributed by atoms with Crippen molar-refractivity contribution in [1.82, 2.24) is 20.9 Å². The molecule has 4 aromatic carbocycles. The largest absolute Gasteiger partial charge is 0.496 e. The molecule has 0 aliphatic carbocycles. The molecule has 1 aromatic heterocycles. The summed E-state index contributed by atoms with van der Waals surface area (Å²) in [5.41, 5.74) is 7.96. The zero-order valence-corrected chi connectivity index (χ0v) is 33.3. The lowest BCUT2D eigenvalue weighted by atomic mass is 9.94. The Morgan fingerprint density at radius 2 is 1.81 bits per heavy atom. The molecule has 0 bridgehead atoms. The number of hydrogen-bond acceptors (Lipinski definition) is 11. The van der Waals surface area contributed by atoms with Gasteiger partial charge in [0.25, 0.3) is 0 Å². The molecule has 1 amide bonds. The van der Waals surface area contributed by atoms with E-state index < -0.39 is 6.04 Å². The van der Waals surface area contributed by atoms with E-state index in [4.69, 9.17) is 38.1 Å². The van der Waals surface area contributed by atoms with E-state index in [0.29, 0.717) is 80.8 Å². The fraction of sp³-hybridized carbons (Fsp3) is 0.250. The zero-order chi connectivity index (χ0) is 41.0. The Morgan fingerprint density at radius 3 is 2.55 bits per heavy atom. The summed E-state index contributed by atoms with van der Waals surface area (Å²) in [6, 6.07) is 24.2. The fourth-order valence-electron chi connectivity index (χ4n) is 6.76. The molecule has 2 unspecified atom stereocenters. The maximum absolute atomic E-state index is 11.6. The number of methoxy groups -OCH3 is 1. The SMILES string of the molecule is COc1cc(-c2cccc(-c3cccc(NCc4cc(OCc5cncc(C#N)c5)c(CNC(C=O)CO)cc4Cl)c3C=N)c2Cl)ccc1CNCC1CCC(=O)N1. The first-order valence-corrected chi connectivity index (χ1v) is 19.4. The van der Waals surface area contributed by atoms with Gasteiger partial charge in [-0.05, 0) is 53.4 Å². The van der Waals surface area contributed by atoms with Crippen LogP contribution in [0.4, 0.5) is 5.69 Å². The zero-order valence-electron chi connectivity index (χ0n) is 31.8. The fourth-order valence-corrected chi connectivity index (χ4v) is 7.35. The Labute approximate surface area is 347 Å². The molecule has 298 valence electrons. The van der Waals surface area contributed by atoms with Crippen LogP contribution in [0, 0.1) is 16.7 Å². The standard InChI is InChI=1S/C44H43Cl2N7O5/c1-57-41-14-29(8-9-30(41)20-50-23-33-10-11-43(56)53-33)35-4-2-6-37(44(35)46)36-5-3-7-40(38(36)17-48)52-21-31-15-42(58-26-28-12-27(16-47)18-49-19-28)32(13-39(31)45)22-51-34(24-54)25-55/h2-9,12-15,17-19,24,33-34,48,50-52,55H,10-11,20-23,25-26H2,1H3,(H,53,56). The van der Waals surface area contributed by atoms with E-state index in [1.807, 2.05) is 60.7 Å². The van der Waals surface area contributed by atoms with Crippen molar-refractivity contribution in [2.45, 2.75) is 51.2 Å². The molecule has 1 saturated heterocycles. The van der Waals surface area contributed by atoms with E-state index in [-0.39, 0.29) is 38.3 Å². The Kier molecular flexibility index (Phi) is 14.5. The van der Waals surface area contributed by atoms with Crippen molar-refractivity contribution >= 4 is 47.3 Å². The molecule has 0 spiro atoms. The highest BCUT2D eigenvalue weighted by molar-refractivity contribution is 6.36. The summed E-state index contributed by atoms with van der Waals surface area (Å²) in [6.45, 7) is 1.48. The third-order valence-corrected chi connectivity index (χ3v) is 10.6. The van der Waals surface area contributed by atoms with Gasteiger partial charge in [-0.1, -0.05) is 65.7 Å². The van der Waals surface area contributed by atoms with Gasteiger partial charge in [0.15, 0.2) is 0 Å². The van der Waals surface area contributed by atoms with Gasteiger partial charge in [0.2, 0.25) is 5.91 Å². The Morgan fingerprint density at radius 1 is 1.00 bits per heavy atom. The van der Waals surface area contributed by atoms with Crippen molar-refractivity contribution in [1.29, 1.82) is 10.7 Å². The van der Waals surface area contributed by atoms with Gasteiger partial charge < -0.3 is 46.1 Å².